The summed E-state index contributed by atoms with van der Waals surface area (Å²) in [5.41, 5.74) is -0.241. The van der Waals surface area contributed by atoms with Crippen LogP contribution in [0.25, 0.3) is 0 Å². The van der Waals surface area contributed by atoms with Gasteiger partial charge in [0.25, 0.3) is 5.91 Å². The molecule has 1 aromatic carbocycles. The van der Waals surface area contributed by atoms with Gasteiger partial charge in [-0.25, -0.2) is 0 Å². The van der Waals surface area contributed by atoms with E-state index in [1.807, 2.05) is 30.3 Å². The van der Waals surface area contributed by atoms with Crippen molar-refractivity contribution < 1.29 is 14.4 Å². The minimum atomic E-state index is -1.36. The monoisotopic (exact) mass is 315 g/mol. The van der Waals surface area contributed by atoms with E-state index < -0.39 is 5.60 Å². The first-order chi connectivity index (χ1) is 11.0. The van der Waals surface area contributed by atoms with Crippen LogP contribution < -0.4 is 0 Å². The molecule has 6 heteroatoms. The molecule has 23 heavy (non-hydrogen) atoms. The third-order valence-electron chi connectivity index (χ3n) is 4.27. The number of carbonyl (C=O) groups is 1. The quantitative estimate of drug-likeness (QED) is 0.908. The number of hydrogen-bond donors (Lipinski definition) is 1. The van der Waals surface area contributed by atoms with E-state index in [1.54, 1.807) is 18.7 Å². The molecule has 1 N–H and O–H groups in total. The maximum Gasteiger partial charge on any atom is 0.254 e. The van der Waals surface area contributed by atoms with Gasteiger partial charge in [0.15, 0.2) is 5.82 Å². The molecule has 3 rings (SSSR count). The van der Waals surface area contributed by atoms with Crippen LogP contribution in [0.3, 0.4) is 0 Å². The van der Waals surface area contributed by atoms with Gasteiger partial charge in [-0.3, -0.25) is 4.79 Å². The summed E-state index contributed by atoms with van der Waals surface area (Å²) < 4.78 is 5.13. The Morgan fingerprint density at radius 2 is 2.09 bits per heavy atom. The largest absolute Gasteiger partial charge is 0.380 e. The van der Waals surface area contributed by atoms with Crippen LogP contribution in [0.4, 0.5) is 0 Å². The summed E-state index contributed by atoms with van der Waals surface area (Å²) in [6.45, 7) is 4.38. The van der Waals surface area contributed by atoms with E-state index in [9.17, 15) is 9.90 Å². The molecular weight excluding hydrogens is 294 g/mol. The molecule has 1 aliphatic rings. The first-order valence-corrected chi connectivity index (χ1v) is 7.81. The Kier molecular flexibility index (Phi) is 4.17. The van der Waals surface area contributed by atoms with Crippen molar-refractivity contribution in [2.24, 2.45) is 0 Å². The lowest BCUT2D eigenvalue weighted by molar-refractivity contribution is -0.155. The fraction of sp³-hybridized carbons (Fsp3) is 0.471. The molecule has 2 heterocycles. The fourth-order valence-electron chi connectivity index (χ4n) is 2.76. The van der Waals surface area contributed by atoms with Crippen LogP contribution >= 0.6 is 0 Å². The standard InChI is InChI=1S/C17H21N3O3/c1-12-18-15(23-19-12)14-10-20(11-14)16(21)17(2,22)9-8-13-6-4-3-5-7-13/h3-7,14,22H,8-11H2,1-2H3/t17-/m1/s1. The topological polar surface area (TPSA) is 79.5 Å². The highest BCUT2D eigenvalue weighted by Gasteiger charge is 2.42. The summed E-state index contributed by atoms with van der Waals surface area (Å²) in [5.74, 6) is 1.00. The number of aromatic nitrogens is 2. The molecule has 1 atom stereocenters. The molecule has 0 saturated carbocycles. The zero-order valence-corrected chi connectivity index (χ0v) is 13.4. The van der Waals surface area contributed by atoms with Gasteiger partial charge in [-0.15, -0.1) is 0 Å². The highest BCUT2D eigenvalue weighted by Crippen LogP contribution is 2.29. The zero-order chi connectivity index (χ0) is 16.4. The third-order valence-corrected chi connectivity index (χ3v) is 4.27. The van der Waals surface area contributed by atoms with Crippen molar-refractivity contribution in [3.05, 3.63) is 47.6 Å². The van der Waals surface area contributed by atoms with Gasteiger partial charge in [0.2, 0.25) is 5.89 Å². The van der Waals surface area contributed by atoms with Crippen molar-refractivity contribution in [1.29, 1.82) is 0 Å². The number of hydrogen-bond acceptors (Lipinski definition) is 5. The number of carbonyl (C=O) groups excluding carboxylic acids is 1. The Morgan fingerprint density at radius 3 is 2.70 bits per heavy atom. The summed E-state index contributed by atoms with van der Waals surface area (Å²) in [6, 6.07) is 9.86. The summed E-state index contributed by atoms with van der Waals surface area (Å²) in [7, 11) is 0. The summed E-state index contributed by atoms with van der Waals surface area (Å²) in [5, 5.41) is 14.3. The second-order valence-corrected chi connectivity index (χ2v) is 6.35. The van der Waals surface area contributed by atoms with E-state index in [-0.39, 0.29) is 11.8 Å². The average Bonchev–Trinajstić information content (AvgIpc) is 2.91. The maximum absolute atomic E-state index is 12.5. The predicted molar refractivity (Wildman–Crippen MR) is 83.7 cm³/mol. The van der Waals surface area contributed by atoms with Crippen molar-refractivity contribution >= 4 is 5.91 Å². The van der Waals surface area contributed by atoms with Gasteiger partial charge < -0.3 is 14.5 Å². The number of nitrogens with zero attached hydrogens (tertiary/aromatic N) is 3. The average molecular weight is 315 g/mol. The predicted octanol–water partition coefficient (Wildman–Crippen LogP) is 1.69. The van der Waals surface area contributed by atoms with Crippen LogP contribution in [0.1, 0.15) is 36.5 Å². The number of likely N-dealkylation sites (tertiary alicyclic amines) is 1. The van der Waals surface area contributed by atoms with Crippen LogP contribution in [0.15, 0.2) is 34.9 Å². The second-order valence-electron chi connectivity index (χ2n) is 6.35. The van der Waals surface area contributed by atoms with Crippen LogP contribution in [0.5, 0.6) is 0 Å². The molecule has 122 valence electrons. The molecule has 0 radical (unpaired) electrons. The van der Waals surface area contributed by atoms with E-state index >= 15 is 0 Å². The van der Waals surface area contributed by atoms with Gasteiger partial charge in [0.05, 0.1) is 5.92 Å². The fourth-order valence-corrected chi connectivity index (χ4v) is 2.76. The van der Waals surface area contributed by atoms with E-state index in [1.165, 1.54) is 0 Å². The van der Waals surface area contributed by atoms with Gasteiger partial charge in [0.1, 0.15) is 5.60 Å². The van der Waals surface area contributed by atoms with E-state index in [2.05, 4.69) is 10.1 Å². The SMILES string of the molecule is Cc1noc(C2CN(C(=O)[C@](C)(O)CCc3ccccc3)C2)n1. The number of rotatable bonds is 5. The minimum Gasteiger partial charge on any atom is -0.380 e. The summed E-state index contributed by atoms with van der Waals surface area (Å²) in [4.78, 5) is 18.3. The molecule has 2 aromatic rings. The molecule has 0 spiro atoms. The lowest BCUT2D eigenvalue weighted by Crippen LogP contribution is -2.56. The highest BCUT2D eigenvalue weighted by molar-refractivity contribution is 5.85. The van der Waals surface area contributed by atoms with Crippen molar-refractivity contribution in [3.8, 4) is 0 Å². The van der Waals surface area contributed by atoms with Crippen molar-refractivity contribution in [1.82, 2.24) is 15.0 Å². The Morgan fingerprint density at radius 1 is 1.39 bits per heavy atom. The van der Waals surface area contributed by atoms with Gasteiger partial charge in [-0.2, -0.15) is 4.98 Å². The van der Waals surface area contributed by atoms with E-state index in [0.717, 1.165) is 5.56 Å². The third kappa shape index (κ3) is 3.42. The molecule has 0 bridgehead atoms. The van der Waals surface area contributed by atoms with Crippen LogP contribution in [0, 0.1) is 6.92 Å². The molecule has 0 unspecified atom stereocenters. The first-order valence-electron chi connectivity index (χ1n) is 7.81. The van der Waals surface area contributed by atoms with Gasteiger partial charge in [-0.05, 0) is 32.3 Å². The number of aryl methyl sites for hydroxylation is 2. The molecule has 1 saturated heterocycles. The maximum atomic E-state index is 12.5. The summed E-state index contributed by atoms with van der Waals surface area (Å²) >= 11 is 0. The normalized spacial score (nSPS) is 17.6. The second kappa shape index (κ2) is 6.12. The van der Waals surface area contributed by atoms with Gasteiger partial charge in [0, 0.05) is 13.1 Å². The smallest absolute Gasteiger partial charge is 0.254 e. The molecule has 1 amide bonds. The van der Waals surface area contributed by atoms with E-state index in [0.29, 0.717) is 37.6 Å². The van der Waals surface area contributed by atoms with Crippen molar-refractivity contribution in [3.63, 3.8) is 0 Å². The summed E-state index contributed by atoms with van der Waals surface area (Å²) in [6.07, 6.45) is 1.07. The molecule has 1 aromatic heterocycles. The first kappa shape index (κ1) is 15.7. The molecule has 1 fully saturated rings. The van der Waals surface area contributed by atoms with Crippen LogP contribution in [-0.4, -0.2) is 44.7 Å². The van der Waals surface area contributed by atoms with Crippen molar-refractivity contribution in [2.45, 2.75) is 38.2 Å². The van der Waals surface area contributed by atoms with Crippen LogP contribution in [0.2, 0.25) is 0 Å². The highest BCUT2D eigenvalue weighted by atomic mass is 16.5. The van der Waals surface area contributed by atoms with Crippen molar-refractivity contribution in [2.75, 3.05) is 13.1 Å². The number of amides is 1. The Balaban J connectivity index is 1.53. The molecular formula is C17H21N3O3. The molecule has 0 aliphatic carbocycles. The number of aliphatic hydroxyl groups is 1. The Hall–Kier alpha value is -2.21. The lowest BCUT2D eigenvalue weighted by atomic mass is 9.91. The number of benzene rings is 1. The Bertz CT molecular complexity index is 675. The van der Waals surface area contributed by atoms with Crippen LogP contribution in [-0.2, 0) is 11.2 Å². The van der Waals surface area contributed by atoms with E-state index in [4.69, 9.17) is 4.52 Å². The Labute approximate surface area is 135 Å². The molecule has 6 nitrogen and oxygen atoms in total. The zero-order valence-electron chi connectivity index (χ0n) is 13.4. The van der Waals surface area contributed by atoms with Gasteiger partial charge >= 0.3 is 0 Å². The minimum absolute atomic E-state index is 0.0741. The lowest BCUT2D eigenvalue weighted by Gasteiger charge is -2.41. The van der Waals surface area contributed by atoms with Gasteiger partial charge in [-0.1, -0.05) is 35.5 Å². The molecule has 1 aliphatic heterocycles.